The summed E-state index contributed by atoms with van der Waals surface area (Å²) < 4.78 is 25.7. The van der Waals surface area contributed by atoms with Crippen LogP contribution >= 0.6 is 0 Å². The molecular formula is C15H17N3O3S. The summed E-state index contributed by atoms with van der Waals surface area (Å²) >= 11 is 0. The number of aromatic nitrogens is 1. The van der Waals surface area contributed by atoms with E-state index in [0.29, 0.717) is 11.1 Å². The SMILES string of the molecule is CN(C)S(=O)(=O)c1ccccc1CNC(=O)c1cccnc1. The molecule has 0 saturated heterocycles. The first-order chi connectivity index (χ1) is 10.4. The van der Waals surface area contributed by atoms with E-state index >= 15 is 0 Å². The Labute approximate surface area is 129 Å². The number of sulfonamides is 1. The maximum absolute atomic E-state index is 12.3. The Bertz CT molecular complexity index is 759. The number of carbonyl (C=O) groups is 1. The molecule has 0 aliphatic carbocycles. The van der Waals surface area contributed by atoms with Gasteiger partial charge in [-0.05, 0) is 23.8 Å². The molecule has 7 heteroatoms. The van der Waals surface area contributed by atoms with Crippen LogP contribution < -0.4 is 5.32 Å². The van der Waals surface area contributed by atoms with Crippen molar-refractivity contribution >= 4 is 15.9 Å². The van der Waals surface area contributed by atoms with E-state index in [1.54, 1.807) is 36.5 Å². The van der Waals surface area contributed by atoms with Crippen LogP contribution in [0.3, 0.4) is 0 Å². The topological polar surface area (TPSA) is 79.4 Å². The van der Waals surface area contributed by atoms with Crippen molar-refractivity contribution in [2.75, 3.05) is 14.1 Å². The van der Waals surface area contributed by atoms with E-state index < -0.39 is 10.0 Å². The fraction of sp³-hybridized carbons (Fsp3) is 0.200. The highest BCUT2D eigenvalue weighted by Gasteiger charge is 2.20. The van der Waals surface area contributed by atoms with Crippen LogP contribution in [0, 0.1) is 0 Å². The second-order valence-corrected chi connectivity index (χ2v) is 6.94. The van der Waals surface area contributed by atoms with Crippen molar-refractivity contribution in [2.24, 2.45) is 0 Å². The predicted octanol–water partition coefficient (Wildman–Crippen LogP) is 1.26. The van der Waals surface area contributed by atoms with Gasteiger partial charge < -0.3 is 5.32 Å². The average molecular weight is 319 g/mol. The van der Waals surface area contributed by atoms with Gasteiger partial charge in [0.1, 0.15) is 0 Å². The third-order valence-corrected chi connectivity index (χ3v) is 5.01. The molecule has 116 valence electrons. The molecular weight excluding hydrogens is 302 g/mol. The van der Waals surface area contributed by atoms with Crippen molar-refractivity contribution in [3.8, 4) is 0 Å². The quantitative estimate of drug-likeness (QED) is 0.900. The van der Waals surface area contributed by atoms with Crippen LogP contribution in [0.5, 0.6) is 0 Å². The van der Waals surface area contributed by atoms with Gasteiger partial charge in [-0.2, -0.15) is 0 Å². The van der Waals surface area contributed by atoms with E-state index in [9.17, 15) is 13.2 Å². The standard InChI is InChI=1S/C15H17N3O3S/c1-18(2)22(20,21)14-8-4-3-6-12(14)11-17-15(19)13-7-5-9-16-10-13/h3-10H,11H2,1-2H3,(H,17,19). The lowest BCUT2D eigenvalue weighted by molar-refractivity contribution is 0.0950. The van der Waals surface area contributed by atoms with Crippen molar-refractivity contribution in [1.82, 2.24) is 14.6 Å². The molecule has 0 aliphatic rings. The second kappa shape index (κ2) is 6.67. The van der Waals surface area contributed by atoms with Crippen molar-refractivity contribution in [2.45, 2.75) is 11.4 Å². The Morgan fingerprint density at radius 2 is 1.91 bits per heavy atom. The lowest BCUT2D eigenvalue weighted by atomic mass is 10.2. The summed E-state index contributed by atoms with van der Waals surface area (Å²) in [6.07, 6.45) is 3.04. The Morgan fingerprint density at radius 1 is 1.18 bits per heavy atom. The molecule has 2 rings (SSSR count). The number of hydrogen-bond donors (Lipinski definition) is 1. The molecule has 0 spiro atoms. The first-order valence-corrected chi connectivity index (χ1v) is 8.05. The minimum Gasteiger partial charge on any atom is -0.348 e. The normalized spacial score (nSPS) is 11.4. The van der Waals surface area contributed by atoms with Gasteiger partial charge in [0, 0.05) is 33.0 Å². The van der Waals surface area contributed by atoms with Crippen LogP contribution in [0.2, 0.25) is 0 Å². The van der Waals surface area contributed by atoms with Gasteiger partial charge in [-0.3, -0.25) is 9.78 Å². The lowest BCUT2D eigenvalue weighted by Gasteiger charge is -2.15. The van der Waals surface area contributed by atoms with Crippen LogP contribution in [-0.4, -0.2) is 37.7 Å². The summed E-state index contributed by atoms with van der Waals surface area (Å²) in [6.45, 7) is 0.122. The van der Waals surface area contributed by atoms with Crippen LogP contribution in [-0.2, 0) is 16.6 Å². The summed E-state index contributed by atoms with van der Waals surface area (Å²) in [5.74, 6) is -0.301. The number of pyridine rings is 1. The zero-order chi connectivity index (χ0) is 16.2. The molecule has 1 N–H and O–H groups in total. The lowest BCUT2D eigenvalue weighted by Crippen LogP contribution is -2.27. The number of hydrogen-bond acceptors (Lipinski definition) is 4. The maximum Gasteiger partial charge on any atom is 0.253 e. The predicted molar refractivity (Wildman–Crippen MR) is 82.7 cm³/mol. The van der Waals surface area contributed by atoms with Crippen LogP contribution in [0.4, 0.5) is 0 Å². The van der Waals surface area contributed by atoms with Crippen LogP contribution in [0.25, 0.3) is 0 Å². The zero-order valence-electron chi connectivity index (χ0n) is 12.4. The number of rotatable bonds is 5. The monoisotopic (exact) mass is 319 g/mol. The maximum atomic E-state index is 12.3. The largest absolute Gasteiger partial charge is 0.348 e. The molecule has 1 heterocycles. The number of nitrogens with zero attached hydrogens (tertiary/aromatic N) is 2. The summed E-state index contributed by atoms with van der Waals surface area (Å²) in [6, 6.07) is 9.91. The molecule has 6 nitrogen and oxygen atoms in total. The zero-order valence-corrected chi connectivity index (χ0v) is 13.2. The van der Waals surface area contributed by atoms with Gasteiger partial charge in [-0.25, -0.2) is 12.7 Å². The summed E-state index contributed by atoms with van der Waals surface area (Å²) in [5.41, 5.74) is 0.962. The van der Waals surface area contributed by atoms with E-state index in [1.807, 2.05) is 0 Å². The molecule has 0 bridgehead atoms. The highest BCUT2D eigenvalue weighted by atomic mass is 32.2. The van der Waals surface area contributed by atoms with Gasteiger partial charge in [-0.1, -0.05) is 18.2 Å². The van der Waals surface area contributed by atoms with Gasteiger partial charge in [0.2, 0.25) is 10.0 Å². The Morgan fingerprint density at radius 3 is 2.55 bits per heavy atom. The van der Waals surface area contributed by atoms with E-state index in [1.165, 1.54) is 26.4 Å². The fourth-order valence-electron chi connectivity index (χ4n) is 1.87. The number of benzene rings is 1. The number of amides is 1. The van der Waals surface area contributed by atoms with Crippen molar-refractivity contribution in [3.63, 3.8) is 0 Å². The third-order valence-electron chi connectivity index (χ3n) is 3.09. The molecule has 0 unspecified atom stereocenters. The van der Waals surface area contributed by atoms with E-state index in [0.717, 1.165) is 4.31 Å². The minimum atomic E-state index is -3.55. The minimum absolute atomic E-state index is 0.122. The average Bonchev–Trinajstić information content (AvgIpc) is 2.53. The van der Waals surface area contributed by atoms with Gasteiger partial charge in [0.15, 0.2) is 0 Å². The molecule has 0 aliphatic heterocycles. The van der Waals surface area contributed by atoms with Gasteiger partial charge in [-0.15, -0.1) is 0 Å². The van der Waals surface area contributed by atoms with Crippen LogP contribution in [0.1, 0.15) is 15.9 Å². The number of carbonyl (C=O) groups excluding carboxylic acids is 1. The van der Waals surface area contributed by atoms with Gasteiger partial charge in [0.25, 0.3) is 5.91 Å². The smallest absolute Gasteiger partial charge is 0.253 e. The molecule has 0 saturated carbocycles. The first kappa shape index (κ1) is 16.1. The van der Waals surface area contributed by atoms with E-state index in [-0.39, 0.29) is 17.3 Å². The van der Waals surface area contributed by atoms with Gasteiger partial charge in [0.05, 0.1) is 10.5 Å². The number of nitrogens with one attached hydrogen (secondary N) is 1. The molecule has 0 fully saturated rings. The van der Waals surface area contributed by atoms with Crippen LogP contribution in [0.15, 0.2) is 53.7 Å². The highest BCUT2D eigenvalue weighted by molar-refractivity contribution is 7.89. The van der Waals surface area contributed by atoms with Crippen molar-refractivity contribution < 1.29 is 13.2 Å². The molecule has 0 atom stereocenters. The Kier molecular flexibility index (Phi) is 4.89. The summed E-state index contributed by atoms with van der Waals surface area (Å²) in [7, 11) is -0.605. The van der Waals surface area contributed by atoms with E-state index in [4.69, 9.17) is 0 Å². The first-order valence-electron chi connectivity index (χ1n) is 6.61. The van der Waals surface area contributed by atoms with Gasteiger partial charge >= 0.3 is 0 Å². The Balaban J connectivity index is 2.20. The van der Waals surface area contributed by atoms with Crippen molar-refractivity contribution in [3.05, 3.63) is 59.9 Å². The molecule has 1 amide bonds. The van der Waals surface area contributed by atoms with Crippen molar-refractivity contribution in [1.29, 1.82) is 0 Å². The molecule has 0 radical (unpaired) electrons. The summed E-state index contributed by atoms with van der Waals surface area (Å²) in [5, 5.41) is 2.70. The summed E-state index contributed by atoms with van der Waals surface area (Å²) in [4.78, 5) is 16.1. The third kappa shape index (κ3) is 3.49. The second-order valence-electron chi connectivity index (χ2n) is 4.82. The van der Waals surface area contributed by atoms with E-state index in [2.05, 4.69) is 10.3 Å². The molecule has 22 heavy (non-hydrogen) atoms. The Hall–Kier alpha value is -2.25. The highest BCUT2D eigenvalue weighted by Crippen LogP contribution is 2.18. The molecule has 1 aromatic heterocycles. The molecule has 1 aromatic carbocycles. The fourth-order valence-corrected chi connectivity index (χ4v) is 2.99. The molecule has 2 aromatic rings.